The third-order valence-corrected chi connectivity index (χ3v) is 6.29. The summed E-state index contributed by atoms with van der Waals surface area (Å²) in [6.45, 7) is 4.29. The van der Waals surface area contributed by atoms with Gasteiger partial charge in [0.05, 0.1) is 0 Å². The Kier molecular flexibility index (Phi) is 9.97. The van der Waals surface area contributed by atoms with Crippen LogP contribution in [0.5, 0.6) is 0 Å². The Labute approximate surface area is 171 Å². The summed E-state index contributed by atoms with van der Waals surface area (Å²) in [6.07, 6.45) is 16.9. The van der Waals surface area contributed by atoms with E-state index in [9.17, 15) is 4.79 Å². The van der Waals surface area contributed by atoms with Gasteiger partial charge in [0.1, 0.15) is 0 Å². The molecule has 0 spiro atoms. The molecule has 0 fully saturated rings. The Bertz CT molecular complexity index is 656. The van der Waals surface area contributed by atoms with Crippen LogP contribution in [0.3, 0.4) is 0 Å². The number of carbonyl (C=O) groups is 1. The number of thiocarbonyl (C=S) groups is 1. The molecular weight excluding hydrogens is 348 g/mol. The second kappa shape index (κ2) is 12.2. The Morgan fingerprint density at radius 1 is 0.741 bits per heavy atom. The molecule has 2 heteroatoms. The van der Waals surface area contributed by atoms with Crippen LogP contribution in [0.15, 0.2) is 35.4 Å². The SMILES string of the molecule is CCCCCCCCCCCCCCC1=C(C)C(=S)c2ccccc2C1=O. The number of Topliss-reactive ketones (excluding diaryl/α,β-unsaturated/α-hetero) is 1. The standard InChI is InChI=1S/C25H36OS/c1-3-4-5-6-7-8-9-10-11-12-13-14-17-21-20(2)25(27)23-19-16-15-18-22(23)24(21)26/h15-16,18-19H,3-14,17H2,1-2H3. The summed E-state index contributed by atoms with van der Waals surface area (Å²) >= 11 is 5.60. The summed E-state index contributed by atoms with van der Waals surface area (Å²) in [5, 5.41) is 0. The van der Waals surface area contributed by atoms with E-state index >= 15 is 0 Å². The van der Waals surface area contributed by atoms with Crippen molar-refractivity contribution in [3.05, 3.63) is 46.5 Å². The molecule has 0 aromatic heterocycles. The van der Waals surface area contributed by atoms with Crippen molar-refractivity contribution in [1.29, 1.82) is 0 Å². The molecular formula is C25H36OS. The van der Waals surface area contributed by atoms with E-state index in [2.05, 4.69) is 6.92 Å². The Balaban J connectivity index is 1.61. The molecule has 0 heterocycles. The van der Waals surface area contributed by atoms with Crippen molar-refractivity contribution in [2.45, 2.75) is 97.3 Å². The van der Waals surface area contributed by atoms with Crippen LogP contribution >= 0.6 is 12.2 Å². The topological polar surface area (TPSA) is 17.1 Å². The number of ketones is 1. The van der Waals surface area contributed by atoms with E-state index in [4.69, 9.17) is 12.2 Å². The summed E-state index contributed by atoms with van der Waals surface area (Å²) in [6, 6.07) is 7.78. The summed E-state index contributed by atoms with van der Waals surface area (Å²) in [4.78, 5) is 13.6. The maximum Gasteiger partial charge on any atom is 0.189 e. The largest absolute Gasteiger partial charge is 0.289 e. The van der Waals surface area contributed by atoms with Gasteiger partial charge in [0.15, 0.2) is 5.78 Å². The van der Waals surface area contributed by atoms with Gasteiger partial charge in [-0.25, -0.2) is 0 Å². The summed E-state index contributed by atoms with van der Waals surface area (Å²) < 4.78 is 0. The minimum absolute atomic E-state index is 0.194. The Morgan fingerprint density at radius 2 is 1.22 bits per heavy atom. The molecule has 1 aromatic rings. The number of unbranched alkanes of at least 4 members (excludes halogenated alkanes) is 11. The highest BCUT2D eigenvalue weighted by Gasteiger charge is 2.26. The van der Waals surface area contributed by atoms with Crippen molar-refractivity contribution in [2.24, 2.45) is 0 Å². The van der Waals surface area contributed by atoms with E-state index in [1.807, 2.05) is 31.2 Å². The molecule has 1 aliphatic carbocycles. The molecule has 0 saturated carbocycles. The minimum Gasteiger partial charge on any atom is -0.289 e. The molecule has 0 amide bonds. The van der Waals surface area contributed by atoms with Crippen LogP contribution in [0.1, 0.15) is 113 Å². The van der Waals surface area contributed by atoms with Gasteiger partial charge in [-0.1, -0.05) is 114 Å². The van der Waals surface area contributed by atoms with E-state index in [-0.39, 0.29) is 5.78 Å². The number of benzene rings is 1. The number of fused-ring (bicyclic) bond motifs is 1. The first-order chi connectivity index (χ1) is 13.2. The number of hydrogen-bond acceptors (Lipinski definition) is 2. The normalized spacial score (nSPS) is 14.0. The first-order valence-electron chi connectivity index (χ1n) is 11.0. The fraction of sp³-hybridized carbons (Fsp3) is 0.600. The van der Waals surface area contributed by atoms with Gasteiger partial charge in [-0.15, -0.1) is 0 Å². The predicted octanol–water partition coefficient (Wildman–Crippen LogP) is 8.01. The highest BCUT2D eigenvalue weighted by Crippen LogP contribution is 2.29. The van der Waals surface area contributed by atoms with Crippen molar-refractivity contribution in [1.82, 2.24) is 0 Å². The van der Waals surface area contributed by atoms with Gasteiger partial charge in [0, 0.05) is 21.6 Å². The van der Waals surface area contributed by atoms with E-state index in [0.717, 1.165) is 40.0 Å². The van der Waals surface area contributed by atoms with Crippen LogP contribution in [0.25, 0.3) is 0 Å². The minimum atomic E-state index is 0.194. The van der Waals surface area contributed by atoms with Crippen LogP contribution < -0.4 is 0 Å². The van der Waals surface area contributed by atoms with Gasteiger partial charge in [-0.05, 0) is 25.3 Å². The van der Waals surface area contributed by atoms with E-state index < -0.39 is 0 Å². The first-order valence-corrected chi connectivity index (χ1v) is 11.5. The maximum absolute atomic E-state index is 12.8. The van der Waals surface area contributed by atoms with Gasteiger partial charge >= 0.3 is 0 Å². The number of rotatable bonds is 13. The molecule has 0 saturated heterocycles. The second-order valence-electron chi connectivity index (χ2n) is 7.95. The summed E-state index contributed by atoms with van der Waals surface area (Å²) in [7, 11) is 0. The van der Waals surface area contributed by atoms with Crippen molar-refractivity contribution in [3.63, 3.8) is 0 Å². The highest BCUT2D eigenvalue weighted by molar-refractivity contribution is 7.81. The van der Waals surface area contributed by atoms with Crippen molar-refractivity contribution < 1.29 is 4.79 Å². The van der Waals surface area contributed by atoms with Crippen LogP contribution in [0, 0.1) is 0 Å². The molecule has 148 valence electrons. The molecule has 1 aliphatic rings. The lowest BCUT2D eigenvalue weighted by Gasteiger charge is -2.21. The highest BCUT2D eigenvalue weighted by atomic mass is 32.1. The predicted molar refractivity (Wildman–Crippen MR) is 121 cm³/mol. The van der Waals surface area contributed by atoms with Gasteiger partial charge in [-0.3, -0.25) is 4.79 Å². The van der Waals surface area contributed by atoms with Crippen molar-refractivity contribution in [2.75, 3.05) is 0 Å². The van der Waals surface area contributed by atoms with Gasteiger partial charge < -0.3 is 0 Å². The average Bonchev–Trinajstić information content (AvgIpc) is 2.69. The third kappa shape index (κ3) is 6.68. The number of hydrogen-bond donors (Lipinski definition) is 0. The van der Waals surface area contributed by atoms with Crippen molar-refractivity contribution in [3.8, 4) is 0 Å². The lowest BCUT2D eigenvalue weighted by molar-refractivity contribution is 0.102. The summed E-state index contributed by atoms with van der Waals surface area (Å²) in [5.74, 6) is 0.194. The Hall–Kier alpha value is -1.28. The molecule has 1 nitrogen and oxygen atoms in total. The molecule has 0 atom stereocenters. The van der Waals surface area contributed by atoms with Crippen LogP contribution in [0.2, 0.25) is 0 Å². The fourth-order valence-corrected chi connectivity index (χ4v) is 4.30. The average molecular weight is 385 g/mol. The van der Waals surface area contributed by atoms with Crippen LogP contribution in [0.4, 0.5) is 0 Å². The monoisotopic (exact) mass is 384 g/mol. The Morgan fingerprint density at radius 3 is 1.78 bits per heavy atom. The summed E-state index contributed by atoms with van der Waals surface area (Å²) in [5.41, 5.74) is 3.71. The van der Waals surface area contributed by atoms with Crippen LogP contribution in [-0.4, -0.2) is 10.6 Å². The van der Waals surface area contributed by atoms with E-state index in [1.54, 1.807) is 0 Å². The molecule has 0 radical (unpaired) electrons. The van der Waals surface area contributed by atoms with Crippen molar-refractivity contribution >= 4 is 22.9 Å². The number of allylic oxidation sites excluding steroid dienone is 2. The van der Waals surface area contributed by atoms with Gasteiger partial charge in [0.2, 0.25) is 0 Å². The maximum atomic E-state index is 12.8. The fourth-order valence-electron chi connectivity index (χ4n) is 3.99. The molecule has 2 rings (SSSR count). The first kappa shape index (κ1) is 22.0. The lowest BCUT2D eigenvalue weighted by atomic mass is 9.83. The molecule has 0 N–H and O–H groups in total. The zero-order valence-electron chi connectivity index (χ0n) is 17.3. The quantitative estimate of drug-likeness (QED) is 0.253. The molecule has 0 aliphatic heterocycles. The zero-order valence-corrected chi connectivity index (χ0v) is 18.1. The second-order valence-corrected chi connectivity index (χ2v) is 8.35. The van der Waals surface area contributed by atoms with E-state index in [0.29, 0.717) is 0 Å². The third-order valence-electron chi connectivity index (χ3n) is 5.76. The smallest absolute Gasteiger partial charge is 0.189 e. The molecule has 0 unspecified atom stereocenters. The van der Waals surface area contributed by atoms with E-state index in [1.165, 1.54) is 70.6 Å². The molecule has 27 heavy (non-hydrogen) atoms. The number of carbonyl (C=O) groups excluding carboxylic acids is 1. The lowest BCUT2D eigenvalue weighted by Crippen LogP contribution is -2.20. The van der Waals surface area contributed by atoms with Crippen LogP contribution in [-0.2, 0) is 0 Å². The van der Waals surface area contributed by atoms with Gasteiger partial charge in [0.25, 0.3) is 0 Å². The molecule has 1 aromatic carbocycles. The zero-order chi connectivity index (χ0) is 19.5. The molecule has 0 bridgehead atoms. The van der Waals surface area contributed by atoms with Gasteiger partial charge in [-0.2, -0.15) is 0 Å².